The molecule has 0 saturated carbocycles. The molecular weight excluding hydrogens is 305 g/mol. The lowest BCUT2D eigenvalue weighted by Crippen LogP contribution is -2.28. The van der Waals surface area contributed by atoms with Crippen molar-refractivity contribution in [2.45, 2.75) is 18.2 Å². The third-order valence-corrected chi connectivity index (χ3v) is 4.61. The SMILES string of the molecule is CCc1ccc(S(=O)(=O)NCCOc2ccccc2F)cc1. The molecule has 0 aliphatic rings. The molecule has 0 radical (unpaired) electrons. The first-order valence-corrected chi connectivity index (χ1v) is 8.47. The van der Waals surface area contributed by atoms with Gasteiger partial charge >= 0.3 is 0 Å². The number of aryl methyl sites for hydroxylation is 1. The smallest absolute Gasteiger partial charge is 0.240 e. The number of halogens is 1. The first kappa shape index (κ1) is 16.5. The van der Waals surface area contributed by atoms with E-state index < -0.39 is 15.8 Å². The van der Waals surface area contributed by atoms with Crippen molar-refractivity contribution >= 4 is 10.0 Å². The minimum atomic E-state index is -3.57. The summed E-state index contributed by atoms with van der Waals surface area (Å²) < 4.78 is 45.1. The van der Waals surface area contributed by atoms with Gasteiger partial charge in [0, 0.05) is 6.54 Å². The number of hydrogen-bond acceptors (Lipinski definition) is 3. The Hall–Kier alpha value is -1.92. The van der Waals surface area contributed by atoms with Crippen LogP contribution in [0.2, 0.25) is 0 Å². The molecular formula is C16H18FNO3S. The Morgan fingerprint density at radius 1 is 1.09 bits per heavy atom. The second-order valence-corrected chi connectivity index (χ2v) is 6.44. The van der Waals surface area contributed by atoms with Crippen LogP contribution in [0.3, 0.4) is 0 Å². The van der Waals surface area contributed by atoms with E-state index in [1.165, 1.54) is 12.1 Å². The molecule has 0 fully saturated rings. The molecule has 0 aliphatic carbocycles. The normalized spacial score (nSPS) is 11.4. The molecule has 0 heterocycles. The molecule has 0 spiro atoms. The summed E-state index contributed by atoms with van der Waals surface area (Å²) in [5, 5.41) is 0. The number of benzene rings is 2. The zero-order valence-electron chi connectivity index (χ0n) is 12.3. The van der Waals surface area contributed by atoms with Gasteiger partial charge in [0.2, 0.25) is 10.0 Å². The standard InChI is InChI=1S/C16H18FNO3S/c1-2-13-7-9-14(10-8-13)22(19,20)18-11-12-21-16-6-4-3-5-15(16)17/h3-10,18H,2,11-12H2,1H3. The maximum absolute atomic E-state index is 13.3. The fourth-order valence-electron chi connectivity index (χ4n) is 1.89. The van der Waals surface area contributed by atoms with Crippen LogP contribution >= 0.6 is 0 Å². The Kier molecular flexibility index (Phi) is 5.51. The van der Waals surface area contributed by atoms with Crippen LogP contribution < -0.4 is 9.46 Å². The third-order valence-electron chi connectivity index (χ3n) is 3.13. The van der Waals surface area contributed by atoms with E-state index in [2.05, 4.69) is 4.72 Å². The molecule has 4 nitrogen and oxygen atoms in total. The fourth-order valence-corrected chi connectivity index (χ4v) is 2.90. The van der Waals surface area contributed by atoms with Crippen LogP contribution in [0.1, 0.15) is 12.5 Å². The van der Waals surface area contributed by atoms with Gasteiger partial charge in [0.1, 0.15) is 6.61 Å². The Balaban J connectivity index is 1.88. The summed E-state index contributed by atoms with van der Waals surface area (Å²) in [6.45, 7) is 2.11. The highest BCUT2D eigenvalue weighted by Crippen LogP contribution is 2.15. The average Bonchev–Trinajstić information content (AvgIpc) is 2.53. The number of nitrogens with one attached hydrogen (secondary N) is 1. The van der Waals surface area contributed by atoms with Crippen molar-refractivity contribution in [1.29, 1.82) is 0 Å². The van der Waals surface area contributed by atoms with Gasteiger partial charge in [0.15, 0.2) is 11.6 Å². The van der Waals surface area contributed by atoms with Gasteiger partial charge in [-0.2, -0.15) is 0 Å². The largest absolute Gasteiger partial charge is 0.489 e. The molecule has 0 bridgehead atoms. The van der Waals surface area contributed by atoms with Crippen LogP contribution in [0.15, 0.2) is 53.4 Å². The highest BCUT2D eigenvalue weighted by molar-refractivity contribution is 7.89. The number of sulfonamides is 1. The van der Waals surface area contributed by atoms with E-state index in [4.69, 9.17) is 4.74 Å². The van der Waals surface area contributed by atoms with Crippen molar-refractivity contribution in [1.82, 2.24) is 4.72 Å². The van der Waals surface area contributed by atoms with Crippen LogP contribution in [0.25, 0.3) is 0 Å². The van der Waals surface area contributed by atoms with Gasteiger partial charge in [0.25, 0.3) is 0 Å². The van der Waals surface area contributed by atoms with E-state index in [-0.39, 0.29) is 23.8 Å². The molecule has 22 heavy (non-hydrogen) atoms. The third kappa shape index (κ3) is 4.29. The van der Waals surface area contributed by atoms with Crippen molar-refractivity contribution in [3.05, 3.63) is 59.9 Å². The molecule has 0 aromatic heterocycles. The Morgan fingerprint density at radius 3 is 2.41 bits per heavy atom. The van der Waals surface area contributed by atoms with Gasteiger partial charge in [-0.3, -0.25) is 0 Å². The topological polar surface area (TPSA) is 55.4 Å². The highest BCUT2D eigenvalue weighted by Gasteiger charge is 2.13. The van der Waals surface area contributed by atoms with Crippen LogP contribution in [-0.2, 0) is 16.4 Å². The molecule has 2 rings (SSSR count). The molecule has 6 heteroatoms. The second-order valence-electron chi connectivity index (χ2n) is 4.67. The lowest BCUT2D eigenvalue weighted by Gasteiger charge is -2.09. The predicted octanol–water partition coefficient (Wildman–Crippen LogP) is 2.75. The molecule has 0 saturated heterocycles. The monoisotopic (exact) mass is 323 g/mol. The number of rotatable bonds is 7. The fraction of sp³-hybridized carbons (Fsp3) is 0.250. The van der Waals surface area contributed by atoms with Crippen molar-refractivity contribution in [3.63, 3.8) is 0 Å². The summed E-state index contributed by atoms with van der Waals surface area (Å²) in [5.74, 6) is -0.366. The zero-order valence-corrected chi connectivity index (χ0v) is 13.1. The van der Waals surface area contributed by atoms with Crippen molar-refractivity contribution in [2.24, 2.45) is 0 Å². The average molecular weight is 323 g/mol. The lowest BCUT2D eigenvalue weighted by atomic mass is 10.2. The van der Waals surface area contributed by atoms with Gasteiger partial charge in [-0.1, -0.05) is 31.2 Å². The van der Waals surface area contributed by atoms with E-state index in [9.17, 15) is 12.8 Å². The van der Waals surface area contributed by atoms with E-state index in [0.717, 1.165) is 12.0 Å². The Labute approximate surface area is 130 Å². The number of hydrogen-bond donors (Lipinski definition) is 1. The first-order valence-electron chi connectivity index (χ1n) is 6.99. The molecule has 2 aromatic rings. The summed E-state index contributed by atoms with van der Waals surface area (Å²) in [6, 6.07) is 12.7. The molecule has 1 N–H and O–H groups in total. The minimum Gasteiger partial charge on any atom is -0.489 e. The zero-order chi connectivity index (χ0) is 16.0. The maximum atomic E-state index is 13.3. The number of ether oxygens (including phenoxy) is 1. The van der Waals surface area contributed by atoms with Gasteiger partial charge in [0.05, 0.1) is 4.90 Å². The van der Waals surface area contributed by atoms with Crippen LogP contribution in [0.5, 0.6) is 5.75 Å². The van der Waals surface area contributed by atoms with E-state index in [1.807, 2.05) is 6.92 Å². The molecule has 0 atom stereocenters. The van der Waals surface area contributed by atoms with E-state index in [0.29, 0.717) is 0 Å². The summed E-state index contributed by atoms with van der Waals surface area (Å²) >= 11 is 0. The van der Waals surface area contributed by atoms with Gasteiger partial charge in [-0.05, 0) is 36.2 Å². The molecule has 2 aromatic carbocycles. The van der Waals surface area contributed by atoms with Crippen molar-refractivity contribution in [3.8, 4) is 5.75 Å². The van der Waals surface area contributed by atoms with E-state index in [1.54, 1.807) is 36.4 Å². The quantitative estimate of drug-likeness (QED) is 0.797. The lowest BCUT2D eigenvalue weighted by molar-refractivity contribution is 0.306. The second kappa shape index (κ2) is 7.38. The summed E-state index contributed by atoms with van der Waals surface area (Å²) in [5.41, 5.74) is 1.07. The summed E-state index contributed by atoms with van der Waals surface area (Å²) in [6.07, 6.45) is 0.851. The highest BCUT2D eigenvalue weighted by atomic mass is 32.2. The predicted molar refractivity (Wildman–Crippen MR) is 82.9 cm³/mol. The number of para-hydroxylation sites is 1. The van der Waals surface area contributed by atoms with Crippen molar-refractivity contribution < 1.29 is 17.5 Å². The van der Waals surface area contributed by atoms with E-state index >= 15 is 0 Å². The summed E-state index contributed by atoms with van der Waals surface area (Å²) in [4.78, 5) is 0.204. The first-order chi connectivity index (χ1) is 10.5. The molecule has 0 aliphatic heterocycles. The minimum absolute atomic E-state index is 0.0488. The van der Waals surface area contributed by atoms with Crippen LogP contribution in [-0.4, -0.2) is 21.6 Å². The molecule has 118 valence electrons. The Morgan fingerprint density at radius 2 is 1.77 bits per heavy atom. The molecule has 0 amide bonds. The van der Waals surface area contributed by atoms with Crippen molar-refractivity contribution in [2.75, 3.05) is 13.2 Å². The van der Waals surface area contributed by atoms with Gasteiger partial charge in [-0.15, -0.1) is 0 Å². The molecule has 0 unspecified atom stereocenters. The maximum Gasteiger partial charge on any atom is 0.240 e. The van der Waals surface area contributed by atoms with Gasteiger partial charge in [-0.25, -0.2) is 17.5 Å². The van der Waals surface area contributed by atoms with Gasteiger partial charge < -0.3 is 4.74 Å². The van der Waals surface area contributed by atoms with Crippen LogP contribution in [0, 0.1) is 5.82 Å². The summed E-state index contributed by atoms with van der Waals surface area (Å²) in [7, 11) is -3.57. The van der Waals surface area contributed by atoms with Crippen LogP contribution in [0.4, 0.5) is 4.39 Å². The Bertz CT molecular complexity index is 714.